The Kier molecular flexibility index (Phi) is 28.1. The molecule has 0 unspecified atom stereocenters. The molecule has 4 aliphatic heterocycles. The van der Waals surface area contributed by atoms with Crippen molar-refractivity contribution in [3.63, 3.8) is 0 Å². The van der Waals surface area contributed by atoms with E-state index in [1.165, 1.54) is 70.3 Å². The highest BCUT2D eigenvalue weighted by molar-refractivity contribution is 8.76. The topological polar surface area (TPSA) is 127 Å². The van der Waals surface area contributed by atoms with Crippen molar-refractivity contribution in [2.24, 2.45) is 23.7 Å². The third-order valence-electron chi connectivity index (χ3n) is 12.7. The molecule has 0 aromatic rings. The van der Waals surface area contributed by atoms with E-state index >= 15 is 0 Å². The minimum absolute atomic E-state index is 0.251. The van der Waals surface area contributed by atoms with Crippen LogP contribution in [0.2, 0.25) is 0 Å². The molecule has 0 aromatic carbocycles. The van der Waals surface area contributed by atoms with Gasteiger partial charge in [-0.25, -0.2) is 19.2 Å². The van der Waals surface area contributed by atoms with Gasteiger partial charge in [0, 0.05) is 126 Å². The van der Waals surface area contributed by atoms with E-state index in [0.717, 1.165) is 107 Å². The van der Waals surface area contributed by atoms with Crippen molar-refractivity contribution >= 4 is 57.2 Å². The van der Waals surface area contributed by atoms with Gasteiger partial charge in [0.15, 0.2) is 0 Å². The van der Waals surface area contributed by atoms with Crippen molar-refractivity contribution in [1.29, 1.82) is 0 Å². The van der Waals surface area contributed by atoms with Crippen molar-refractivity contribution in [1.82, 2.24) is 19.6 Å². The second-order valence-corrected chi connectivity index (χ2v) is 21.0. The van der Waals surface area contributed by atoms with Crippen molar-refractivity contribution in [3.05, 3.63) is 49.1 Å². The van der Waals surface area contributed by atoms with Crippen molar-refractivity contribution in [3.8, 4) is 0 Å². The lowest BCUT2D eigenvalue weighted by molar-refractivity contribution is -0.139. The fourth-order valence-corrected chi connectivity index (χ4v) is 10.6. The molecule has 64 heavy (non-hydrogen) atoms. The zero-order valence-electron chi connectivity index (χ0n) is 38.8. The fraction of sp³-hybridized carbons (Fsp3) is 0.750. The SMILES string of the molecule is COCCOC(=O)/C=C/N1CCC(CCCC2CCN(/C=C/C(=O)OCCSSCCOC(=O)/C=C/N3CCC(CCCC4CCN(/C=C/C(=O)OCCSC)CC4)CC3)CC2)CC1. The third kappa shape index (κ3) is 24.5. The van der Waals surface area contributed by atoms with E-state index in [4.69, 9.17) is 23.7 Å². The van der Waals surface area contributed by atoms with E-state index in [-0.39, 0.29) is 30.5 Å². The van der Waals surface area contributed by atoms with Crippen LogP contribution >= 0.6 is 33.3 Å². The second-order valence-electron chi connectivity index (χ2n) is 17.3. The number of carbonyl (C=O) groups is 4. The van der Waals surface area contributed by atoms with E-state index in [0.29, 0.717) is 37.9 Å². The number of esters is 4. The summed E-state index contributed by atoms with van der Waals surface area (Å²) in [5.74, 6) is 4.04. The van der Waals surface area contributed by atoms with Crippen LogP contribution in [0.15, 0.2) is 49.1 Å². The van der Waals surface area contributed by atoms with E-state index in [9.17, 15) is 19.2 Å². The molecular weight excluding hydrogens is 873 g/mol. The lowest BCUT2D eigenvalue weighted by Gasteiger charge is -2.33. The summed E-state index contributed by atoms with van der Waals surface area (Å²) in [4.78, 5) is 57.0. The maximum atomic E-state index is 12.3. The van der Waals surface area contributed by atoms with Gasteiger partial charge in [-0.1, -0.05) is 60.1 Å². The Labute approximate surface area is 396 Å². The van der Waals surface area contributed by atoms with Gasteiger partial charge in [0.2, 0.25) is 0 Å². The number of ether oxygens (including phenoxy) is 5. The highest BCUT2D eigenvalue weighted by Gasteiger charge is 2.22. The number of rotatable bonds is 29. The molecule has 362 valence electrons. The standard InChI is InChI=1S/C48H78N4O9S3/c1-57-33-34-58-45(53)17-29-49-21-9-41(10-22-49)5-3-7-43-13-25-51(26-14-43)31-19-47(55)60-36-39-63-64-40-37-61-48(56)20-32-52-27-15-44(16-28-52)8-4-6-42-11-23-50(24-12-42)30-18-46(54)59-35-38-62-2/h17-20,29-32,41-44H,3-16,21-28,33-40H2,1-2H3/b29-17+,30-18+,31-19+,32-20+. The molecule has 0 saturated carbocycles. The molecule has 0 aromatic heterocycles. The summed E-state index contributed by atoms with van der Waals surface area (Å²) in [6.07, 6.45) is 32.7. The molecule has 0 atom stereocenters. The zero-order valence-corrected chi connectivity index (χ0v) is 41.3. The summed E-state index contributed by atoms with van der Waals surface area (Å²) in [5, 5.41) is 0. The smallest absolute Gasteiger partial charge is 0.332 e. The van der Waals surface area contributed by atoms with Gasteiger partial charge in [0.05, 0.1) is 6.61 Å². The Morgan fingerprint density at radius 1 is 0.438 bits per heavy atom. The average Bonchev–Trinajstić information content (AvgIpc) is 3.31. The van der Waals surface area contributed by atoms with Gasteiger partial charge in [0.25, 0.3) is 0 Å². The summed E-state index contributed by atoms with van der Waals surface area (Å²) in [6.45, 7) is 9.75. The number of nitrogens with zero attached hydrogens (tertiary/aromatic N) is 4. The molecule has 0 spiro atoms. The largest absolute Gasteiger partial charge is 0.462 e. The first kappa shape index (κ1) is 53.7. The minimum atomic E-state index is -0.317. The van der Waals surface area contributed by atoms with Crippen LogP contribution in [0.1, 0.15) is 89.9 Å². The molecule has 4 fully saturated rings. The molecule has 0 N–H and O–H groups in total. The number of methoxy groups -OCH3 is 1. The number of likely N-dealkylation sites (tertiary alicyclic amines) is 4. The van der Waals surface area contributed by atoms with Crippen LogP contribution in [0.25, 0.3) is 0 Å². The van der Waals surface area contributed by atoms with Gasteiger partial charge >= 0.3 is 23.9 Å². The number of thioether (sulfide) groups is 1. The van der Waals surface area contributed by atoms with Crippen molar-refractivity contribution in [2.45, 2.75) is 89.9 Å². The summed E-state index contributed by atoms with van der Waals surface area (Å²) in [6, 6.07) is 0. The highest BCUT2D eigenvalue weighted by Crippen LogP contribution is 2.29. The van der Waals surface area contributed by atoms with Gasteiger partial charge < -0.3 is 43.3 Å². The summed E-state index contributed by atoms with van der Waals surface area (Å²) in [5.41, 5.74) is 0. The lowest BCUT2D eigenvalue weighted by atomic mass is 9.87. The zero-order chi connectivity index (χ0) is 45.5. The molecule has 4 aliphatic rings. The number of hydrogen-bond acceptors (Lipinski definition) is 16. The van der Waals surface area contributed by atoms with E-state index in [2.05, 4.69) is 19.6 Å². The van der Waals surface area contributed by atoms with Crippen molar-refractivity contribution < 1.29 is 42.9 Å². The highest BCUT2D eigenvalue weighted by atomic mass is 33.1. The fourth-order valence-electron chi connectivity index (χ4n) is 8.73. The Hall–Kier alpha value is -2.95. The average molecular weight is 951 g/mol. The van der Waals surface area contributed by atoms with E-state index < -0.39 is 0 Å². The maximum absolute atomic E-state index is 12.3. The molecule has 4 saturated heterocycles. The van der Waals surface area contributed by atoms with Crippen molar-refractivity contribution in [2.75, 3.05) is 116 Å². The molecule has 16 heteroatoms. The second kappa shape index (κ2) is 33.5. The van der Waals surface area contributed by atoms with Gasteiger partial charge in [-0.2, -0.15) is 11.8 Å². The van der Waals surface area contributed by atoms with Crippen LogP contribution < -0.4 is 0 Å². The quantitative estimate of drug-likeness (QED) is 0.0238. The van der Waals surface area contributed by atoms with Crippen LogP contribution in [-0.4, -0.2) is 159 Å². The van der Waals surface area contributed by atoms with Gasteiger partial charge in [0.1, 0.15) is 26.4 Å². The molecule has 0 amide bonds. The van der Waals surface area contributed by atoms with Crippen LogP contribution in [0, 0.1) is 23.7 Å². The van der Waals surface area contributed by atoms with Gasteiger partial charge in [-0.15, -0.1) is 0 Å². The number of piperidine rings is 4. The number of hydrogen-bond donors (Lipinski definition) is 0. The molecule has 0 bridgehead atoms. The normalized spacial score (nSPS) is 18.8. The Morgan fingerprint density at radius 3 is 1.00 bits per heavy atom. The van der Waals surface area contributed by atoms with Crippen LogP contribution in [0.3, 0.4) is 0 Å². The third-order valence-corrected chi connectivity index (χ3v) is 15.6. The van der Waals surface area contributed by atoms with Crippen LogP contribution in [0.5, 0.6) is 0 Å². The lowest BCUT2D eigenvalue weighted by Crippen LogP contribution is -2.30. The monoisotopic (exact) mass is 950 g/mol. The maximum Gasteiger partial charge on any atom is 0.332 e. The van der Waals surface area contributed by atoms with Crippen LogP contribution in [-0.2, 0) is 42.9 Å². The first-order chi connectivity index (χ1) is 31.3. The van der Waals surface area contributed by atoms with Gasteiger partial charge in [-0.3, -0.25) is 0 Å². The summed E-state index contributed by atoms with van der Waals surface area (Å²) in [7, 11) is 4.81. The molecule has 4 heterocycles. The molecule has 0 aliphatic carbocycles. The van der Waals surface area contributed by atoms with E-state index in [1.807, 2.05) is 31.1 Å². The van der Waals surface area contributed by atoms with Gasteiger partial charge in [-0.05, 0) is 81.3 Å². The Balaban J connectivity index is 0.899. The Morgan fingerprint density at radius 2 is 0.719 bits per heavy atom. The summed E-state index contributed by atoms with van der Waals surface area (Å²) < 4.78 is 26.0. The predicted molar refractivity (Wildman–Crippen MR) is 260 cm³/mol. The first-order valence-corrected chi connectivity index (χ1v) is 27.8. The number of carbonyl (C=O) groups excluding carboxylic acids is 4. The van der Waals surface area contributed by atoms with E-state index in [1.54, 1.807) is 58.7 Å². The molecular formula is C48H78N4O9S3. The summed E-state index contributed by atoms with van der Waals surface area (Å²) >= 11 is 1.67. The first-order valence-electron chi connectivity index (χ1n) is 23.9. The molecule has 13 nitrogen and oxygen atoms in total. The predicted octanol–water partition coefficient (Wildman–Crippen LogP) is 7.79. The molecule has 0 radical (unpaired) electrons. The Bertz CT molecular complexity index is 1330. The minimum Gasteiger partial charge on any atom is -0.462 e. The molecule has 4 rings (SSSR count). The van der Waals surface area contributed by atoms with Crippen LogP contribution in [0.4, 0.5) is 0 Å².